The number of fused-ring (bicyclic) bond motifs is 1. The van der Waals surface area contributed by atoms with E-state index in [9.17, 15) is 4.79 Å². The molecule has 0 unspecified atom stereocenters. The van der Waals surface area contributed by atoms with E-state index in [1.807, 2.05) is 18.2 Å². The Morgan fingerprint density at radius 2 is 2.09 bits per heavy atom. The molecule has 7 nitrogen and oxygen atoms in total. The van der Waals surface area contributed by atoms with E-state index in [2.05, 4.69) is 23.7 Å². The van der Waals surface area contributed by atoms with Gasteiger partial charge in [-0.2, -0.15) is 0 Å². The van der Waals surface area contributed by atoms with Crippen molar-refractivity contribution in [3.05, 3.63) is 41.6 Å². The van der Waals surface area contributed by atoms with Gasteiger partial charge in [-0.1, -0.05) is 6.07 Å². The molecule has 0 spiro atoms. The zero-order valence-corrected chi connectivity index (χ0v) is 13.0. The predicted molar refractivity (Wildman–Crippen MR) is 80.4 cm³/mol. The largest absolute Gasteiger partial charge is 0.476 e. The lowest BCUT2D eigenvalue weighted by Crippen LogP contribution is -2.30. The fraction of sp³-hybridized carbons (Fsp3) is 0.375. The molecule has 0 saturated carbocycles. The number of aromatic carboxylic acids is 1. The maximum absolute atomic E-state index is 10.9. The summed E-state index contributed by atoms with van der Waals surface area (Å²) in [6.07, 6.45) is 1.16. The molecule has 0 amide bonds. The second-order valence-corrected chi connectivity index (χ2v) is 5.62. The molecule has 0 bridgehead atoms. The first-order chi connectivity index (χ1) is 11.0. The third kappa shape index (κ3) is 3.45. The van der Waals surface area contributed by atoms with Crippen LogP contribution in [0.15, 0.2) is 28.9 Å². The second kappa shape index (κ2) is 6.29. The third-order valence-corrected chi connectivity index (χ3v) is 3.66. The molecule has 1 aliphatic heterocycles. The highest BCUT2D eigenvalue weighted by atomic mass is 16.7. The van der Waals surface area contributed by atoms with Crippen molar-refractivity contribution in [1.82, 2.24) is 9.88 Å². The lowest BCUT2D eigenvalue weighted by atomic mass is 10.1. The van der Waals surface area contributed by atoms with E-state index in [0.29, 0.717) is 19.0 Å². The van der Waals surface area contributed by atoms with Crippen LogP contribution in [-0.4, -0.2) is 33.8 Å². The smallest absolute Gasteiger partial charge is 0.357 e. The first-order valence-electron chi connectivity index (χ1n) is 7.33. The number of ether oxygens (including phenoxy) is 2. The molecule has 0 saturated heterocycles. The highest BCUT2D eigenvalue weighted by Gasteiger charge is 2.18. The molecule has 0 fully saturated rings. The van der Waals surface area contributed by atoms with E-state index >= 15 is 0 Å². The van der Waals surface area contributed by atoms with Gasteiger partial charge in [-0.3, -0.25) is 4.90 Å². The van der Waals surface area contributed by atoms with Gasteiger partial charge in [0.05, 0.1) is 6.54 Å². The van der Waals surface area contributed by atoms with Crippen molar-refractivity contribution in [2.45, 2.75) is 33.0 Å². The van der Waals surface area contributed by atoms with E-state index in [1.165, 1.54) is 0 Å². The average Bonchev–Trinajstić information content (AvgIpc) is 3.14. The summed E-state index contributed by atoms with van der Waals surface area (Å²) in [6, 6.07) is 6.07. The Balaban J connectivity index is 1.72. The zero-order valence-electron chi connectivity index (χ0n) is 13.0. The maximum atomic E-state index is 10.9. The van der Waals surface area contributed by atoms with Crippen LogP contribution in [0.25, 0.3) is 0 Å². The average molecular weight is 318 g/mol. The minimum atomic E-state index is -1.09. The molecule has 1 aliphatic rings. The van der Waals surface area contributed by atoms with E-state index in [0.717, 1.165) is 23.3 Å². The highest BCUT2D eigenvalue weighted by molar-refractivity contribution is 5.84. The number of hydrogen-bond acceptors (Lipinski definition) is 6. The third-order valence-electron chi connectivity index (χ3n) is 3.66. The minimum absolute atomic E-state index is 0.0771. The van der Waals surface area contributed by atoms with Gasteiger partial charge in [-0.05, 0) is 31.5 Å². The summed E-state index contributed by atoms with van der Waals surface area (Å²) in [5, 5.41) is 8.90. The summed E-state index contributed by atoms with van der Waals surface area (Å²) < 4.78 is 15.9. The summed E-state index contributed by atoms with van der Waals surface area (Å²) >= 11 is 0. The highest BCUT2D eigenvalue weighted by Crippen LogP contribution is 2.33. The fourth-order valence-corrected chi connectivity index (χ4v) is 2.35. The number of rotatable bonds is 6. The van der Waals surface area contributed by atoms with E-state index in [4.69, 9.17) is 19.0 Å². The van der Waals surface area contributed by atoms with Gasteiger partial charge in [-0.25, -0.2) is 9.78 Å². The second-order valence-electron chi connectivity index (χ2n) is 5.62. The minimum Gasteiger partial charge on any atom is -0.476 e. The topological polar surface area (TPSA) is 85.0 Å². The Kier molecular flexibility index (Phi) is 4.20. The molecule has 0 radical (unpaired) electrons. The molecule has 7 heteroatoms. The summed E-state index contributed by atoms with van der Waals surface area (Å²) in [5.41, 5.74) is 1.000. The van der Waals surface area contributed by atoms with Gasteiger partial charge in [0.25, 0.3) is 0 Å². The maximum Gasteiger partial charge on any atom is 0.357 e. The van der Waals surface area contributed by atoms with E-state index in [-0.39, 0.29) is 18.5 Å². The number of benzene rings is 1. The number of carboxylic acids is 1. The van der Waals surface area contributed by atoms with Crippen molar-refractivity contribution in [2.24, 2.45) is 0 Å². The van der Waals surface area contributed by atoms with Crippen molar-refractivity contribution < 1.29 is 23.8 Å². The number of aromatic nitrogens is 1. The molecule has 23 heavy (non-hydrogen) atoms. The monoisotopic (exact) mass is 318 g/mol. The van der Waals surface area contributed by atoms with Gasteiger partial charge >= 0.3 is 5.97 Å². The first kappa shape index (κ1) is 15.4. The van der Waals surface area contributed by atoms with Gasteiger partial charge in [0, 0.05) is 12.6 Å². The van der Waals surface area contributed by atoms with Crippen LogP contribution in [0.3, 0.4) is 0 Å². The molecule has 0 atom stereocenters. The normalized spacial score (nSPS) is 13.0. The van der Waals surface area contributed by atoms with Gasteiger partial charge in [0.15, 0.2) is 17.2 Å². The van der Waals surface area contributed by atoms with Crippen LogP contribution in [-0.2, 0) is 13.1 Å². The van der Waals surface area contributed by atoms with Crippen LogP contribution in [0.4, 0.5) is 0 Å². The van der Waals surface area contributed by atoms with E-state index in [1.54, 1.807) is 0 Å². The van der Waals surface area contributed by atoms with Crippen LogP contribution in [0.5, 0.6) is 11.5 Å². The Bertz CT molecular complexity index is 710. The van der Waals surface area contributed by atoms with Crippen molar-refractivity contribution in [3.63, 3.8) is 0 Å². The van der Waals surface area contributed by atoms with Gasteiger partial charge in [0.1, 0.15) is 6.26 Å². The van der Waals surface area contributed by atoms with Crippen LogP contribution in [0.2, 0.25) is 0 Å². The number of carboxylic acid groups (broad SMARTS) is 1. The van der Waals surface area contributed by atoms with Crippen LogP contribution in [0, 0.1) is 0 Å². The molecular weight excluding hydrogens is 300 g/mol. The molecule has 1 aromatic carbocycles. The Labute approximate surface area is 133 Å². The Hall–Kier alpha value is -2.54. The quantitative estimate of drug-likeness (QED) is 0.876. The van der Waals surface area contributed by atoms with Gasteiger partial charge in [0.2, 0.25) is 12.7 Å². The van der Waals surface area contributed by atoms with Gasteiger partial charge < -0.3 is 19.0 Å². The molecule has 122 valence electrons. The molecule has 1 N–H and O–H groups in total. The predicted octanol–water partition coefficient (Wildman–Crippen LogP) is 2.51. The summed E-state index contributed by atoms with van der Waals surface area (Å²) in [7, 11) is 0. The van der Waals surface area contributed by atoms with Gasteiger partial charge in [-0.15, -0.1) is 0 Å². The van der Waals surface area contributed by atoms with Crippen LogP contribution >= 0.6 is 0 Å². The standard InChI is InChI=1S/C16H18N2O5/c1-10(2)18(7-15-17-12(8-21-15)16(19)20)6-11-3-4-13-14(5-11)23-9-22-13/h3-5,8,10H,6-7,9H2,1-2H3,(H,19,20). The molecule has 3 rings (SSSR count). The Morgan fingerprint density at radius 3 is 2.78 bits per heavy atom. The number of carbonyl (C=O) groups is 1. The number of oxazole rings is 1. The molecule has 2 aromatic rings. The van der Waals surface area contributed by atoms with Crippen LogP contribution < -0.4 is 9.47 Å². The fourth-order valence-electron chi connectivity index (χ4n) is 2.35. The summed E-state index contributed by atoms with van der Waals surface area (Å²) in [4.78, 5) is 17.0. The zero-order chi connectivity index (χ0) is 16.4. The molecular formula is C16H18N2O5. The molecule has 2 heterocycles. The lowest BCUT2D eigenvalue weighted by Gasteiger charge is -2.25. The van der Waals surface area contributed by atoms with Crippen molar-refractivity contribution in [1.29, 1.82) is 0 Å². The van der Waals surface area contributed by atoms with Crippen molar-refractivity contribution >= 4 is 5.97 Å². The molecule has 0 aliphatic carbocycles. The van der Waals surface area contributed by atoms with Crippen molar-refractivity contribution in [2.75, 3.05) is 6.79 Å². The first-order valence-corrected chi connectivity index (χ1v) is 7.33. The number of nitrogens with zero attached hydrogens (tertiary/aromatic N) is 2. The SMILES string of the molecule is CC(C)N(Cc1ccc2c(c1)OCO2)Cc1nc(C(=O)O)co1. The van der Waals surface area contributed by atoms with E-state index < -0.39 is 5.97 Å². The summed E-state index contributed by atoms with van der Waals surface area (Å²) in [5.74, 6) is 0.794. The molecule has 1 aromatic heterocycles. The lowest BCUT2D eigenvalue weighted by molar-refractivity contribution is 0.0690. The van der Waals surface area contributed by atoms with Crippen LogP contribution in [0.1, 0.15) is 35.8 Å². The van der Waals surface area contributed by atoms with Crippen molar-refractivity contribution in [3.8, 4) is 11.5 Å². The Morgan fingerprint density at radius 1 is 1.30 bits per heavy atom. The summed E-state index contributed by atoms with van der Waals surface area (Å²) in [6.45, 7) is 5.47. The number of hydrogen-bond donors (Lipinski definition) is 1.